The van der Waals surface area contributed by atoms with Gasteiger partial charge in [-0.05, 0) is 35.0 Å². The van der Waals surface area contributed by atoms with E-state index < -0.39 is 11.9 Å². The van der Waals surface area contributed by atoms with Crippen molar-refractivity contribution in [1.29, 1.82) is 0 Å². The minimum absolute atomic E-state index is 0. The van der Waals surface area contributed by atoms with Crippen LogP contribution in [0.2, 0.25) is 0 Å². The molecule has 0 aliphatic rings. The molecule has 0 saturated carbocycles. The molecule has 8 nitrogen and oxygen atoms in total. The Morgan fingerprint density at radius 2 is 1.16 bits per heavy atom. The molecule has 0 bridgehead atoms. The van der Waals surface area contributed by atoms with E-state index in [2.05, 4.69) is 20.4 Å². The Morgan fingerprint density at radius 1 is 0.760 bits per heavy atom. The zero-order valence-electron chi connectivity index (χ0n) is 12.4. The molecule has 0 atom stereocenters. The molecule has 4 rings (SSSR count). The fraction of sp³-hybridized carbons (Fsp3) is 0. The van der Waals surface area contributed by atoms with Gasteiger partial charge in [-0.1, -0.05) is 12.1 Å². The zero-order valence-corrected chi connectivity index (χ0v) is 14.6. The molecule has 25 heavy (non-hydrogen) atoms. The van der Waals surface area contributed by atoms with Crippen molar-refractivity contribution in [3.05, 3.63) is 59.9 Å². The van der Waals surface area contributed by atoms with Crippen LogP contribution in [0.15, 0.2) is 48.8 Å². The molecule has 0 saturated heterocycles. The topological polar surface area (TPSA) is 129 Å². The van der Waals surface area contributed by atoms with E-state index in [1.54, 1.807) is 36.7 Å². The van der Waals surface area contributed by atoms with Gasteiger partial charge in [0.15, 0.2) is 0 Å². The van der Waals surface area contributed by atoms with Crippen LogP contribution >= 0.6 is 0 Å². The third kappa shape index (κ3) is 4.13. The van der Waals surface area contributed by atoms with Gasteiger partial charge in [0.25, 0.3) is 0 Å². The second-order valence-electron chi connectivity index (χ2n) is 4.85. The molecule has 0 radical (unpaired) electrons. The Labute approximate surface area is 156 Å². The maximum atomic E-state index is 10.5. The van der Waals surface area contributed by atoms with Crippen molar-refractivity contribution in [3.63, 3.8) is 0 Å². The SMILES string of the molecule is O=C(O)c1ccc2[n-]ncc2c1.O=C(O)c1ccc2[n-]ncc2c1.[Au+3]. The maximum Gasteiger partial charge on any atom is 3.00 e. The molecule has 0 aliphatic carbocycles. The number of aromatic nitrogens is 4. The van der Waals surface area contributed by atoms with Gasteiger partial charge in [-0.3, -0.25) is 0 Å². The fourth-order valence-electron chi connectivity index (χ4n) is 2.07. The number of hydrogen-bond donors (Lipinski definition) is 2. The van der Waals surface area contributed by atoms with Crippen LogP contribution in [0.3, 0.4) is 0 Å². The van der Waals surface area contributed by atoms with Crippen LogP contribution in [0, 0.1) is 0 Å². The number of hydrogen-bond acceptors (Lipinski definition) is 4. The van der Waals surface area contributed by atoms with Gasteiger partial charge in [0.05, 0.1) is 11.1 Å². The predicted octanol–water partition coefficient (Wildman–Crippen LogP) is 1.78. The average molecular weight is 519 g/mol. The average Bonchev–Trinajstić information content (AvgIpc) is 3.22. The predicted molar refractivity (Wildman–Crippen MR) is 84.0 cm³/mol. The Hall–Kier alpha value is -2.94. The van der Waals surface area contributed by atoms with E-state index in [0.29, 0.717) is 0 Å². The molecule has 4 aromatic rings. The third-order valence-corrected chi connectivity index (χ3v) is 3.27. The van der Waals surface area contributed by atoms with Gasteiger partial charge in [-0.25, -0.2) is 9.59 Å². The van der Waals surface area contributed by atoms with Crippen LogP contribution < -0.4 is 10.2 Å². The summed E-state index contributed by atoms with van der Waals surface area (Å²) in [6.07, 6.45) is 3.09. The van der Waals surface area contributed by atoms with E-state index in [4.69, 9.17) is 10.2 Å². The standard InChI is InChI=1S/2C8H6N2O2.Au/c2*11-8(12)5-1-2-7-6(3-5)4-9-10-7;/h2*1-4H,(H2,9,10,11,12);/q;;+3/p-2. The molecule has 2 heterocycles. The Bertz CT molecular complexity index is 957. The molecule has 0 unspecified atom stereocenters. The minimum atomic E-state index is -0.932. The molecule has 2 aromatic carbocycles. The van der Waals surface area contributed by atoms with Gasteiger partial charge in [0, 0.05) is 12.4 Å². The first-order valence-corrected chi connectivity index (χ1v) is 6.77. The van der Waals surface area contributed by atoms with Crippen molar-refractivity contribution in [2.45, 2.75) is 0 Å². The van der Waals surface area contributed by atoms with Crippen LogP contribution in [0.25, 0.3) is 21.8 Å². The summed E-state index contributed by atoms with van der Waals surface area (Å²) in [7, 11) is 0. The van der Waals surface area contributed by atoms with Crippen LogP contribution in [0.1, 0.15) is 20.7 Å². The number of nitrogens with zero attached hydrogens (tertiary/aromatic N) is 4. The van der Waals surface area contributed by atoms with Gasteiger partial charge >= 0.3 is 34.3 Å². The molecule has 2 N–H and O–H groups in total. The zero-order chi connectivity index (χ0) is 17.1. The Morgan fingerprint density at radius 3 is 1.52 bits per heavy atom. The molecule has 0 spiro atoms. The number of carbonyl (C=O) groups is 2. The van der Waals surface area contributed by atoms with Crippen LogP contribution in [-0.2, 0) is 22.4 Å². The van der Waals surface area contributed by atoms with E-state index in [1.807, 2.05) is 0 Å². The number of fused-ring (bicyclic) bond motifs is 2. The van der Waals surface area contributed by atoms with Crippen LogP contribution in [0.4, 0.5) is 0 Å². The molecule has 9 heteroatoms. The van der Waals surface area contributed by atoms with E-state index in [1.165, 1.54) is 12.1 Å². The summed E-state index contributed by atoms with van der Waals surface area (Å²) < 4.78 is 0. The van der Waals surface area contributed by atoms with E-state index in [0.717, 1.165) is 21.8 Å². The smallest absolute Gasteiger partial charge is 0.575 e. The molecule has 2 aromatic heterocycles. The number of carboxylic acids is 2. The summed E-state index contributed by atoms with van der Waals surface area (Å²) in [6.45, 7) is 0. The first-order chi connectivity index (χ1) is 11.5. The van der Waals surface area contributed by atoms with Gasteiger partial charge in [0.2, 0.25) is 0 Å². The number of rotatable bonds is 2. The van der Waals surface area contributed by atoms with Crippen molar-refractivity contribution in [1.82, 2.24) is 20.4 Å². The van der Waals surface area contributed by atoms with E-state index >= 15 is 0 Å². The molecule has 0 fully saturated rings. The molecule has 128 valence electrons. The van der Waals surface area contributed by atoms with Crippen molar-refractivity contribution in [3.8, 4) is 0 Å². The van der Waals surface area contributed by atoms with Gasteiger partial charge < -0.3 is 30.6 Å². The summed E-state index contributed by atoms with van der Waals surface area (Å²) in [5.74, 6) is -1.86. The number of benzene rings is 2. The van der Waals surface area contributed by atoms with Crippen LogP contribution in [0.5, 0.6) is 0 Å². The first-order valence-electron chi connectivity index (χ1n) is 6.77. The van der Waals surface area contributed by atoms with E-state index in [-0.39, 0.29) is 33.5 Å². The quantitative estimate of drug-likeness (QED) is 0.384. The van der Waals surface area contributed by atoms with Crippen molar-refractivity contribution in [2.75, 3.05) is 0 Å². The molecule has 0 aliphatic heterocycles. The molecular formula is C16H10AuN4O4+. The van der Waals surface area contributed by atoms with Crippen LogP contribution in [-0.4, -0.2) is 32.3 Å². The molecular weight excluding hydrogens is 509 g/mol. The van der Waals surface area contributed by atoms with Gasteiger partial charge in [-0.15, -0.1) is 11.0 Å². The Kier molecular flexibility index (Phi) is 5.71. The summed E-state index contributed by atoms with van der Waals surface area (Å²) in [5, 5.41) is 33.7. The van der Waals surface area contributed by atoms with Crippen molar-refractivity contribution >= 4 is 33.7 Å². The van der Waals surface area contributed by atoms with Gasteiger partial charge in [0.1, 0.15) is 0 Å². The third-order valence-electron chi connectivity index (χ3n) is 3.27. The summed E-state index contributed by atoms with van der Waals surface area (Å²) >= 11 is 0. The monoisotopic (exact) mass is 519 g/mol. The van der Waals surface area contributed by atoms with E-state index in [9.17, 15) is 9.59 Å². The fourth-order valence-corrected chi connectivity index (χ4v) is 2.07. The minimum Gasteiger partial charge on any atom is -0.575 e. The normalized spacial score (nSPS) is 9.92. The van der Waals surface area contributed by atoms with Crippen molar-refractivity contribution < 1.29 is 42.2 Å². The van der Waals surface area contributed by atoms with Crippen molar-refractivity contribution in [2.24, 2.45) is 0 Å². The Balaban J connectivity index is 0.000000173. The maximum absolute atomic E-state index is 10.5. The largest absolute Gasteiger partial charge is 3.00 e. The number of aromatic carboxylic acids is 2. The second kappa shape index (κ2) is 7.75. The molecule has 0 amide bonds. The summed E-state index contributed by atoms with van der Waals surface area (Å²) in [6, 6.07) is 9.42. The summed E-state index contributed by atoms with van der Waals surface area (Å²) in [4.78, 5) is 21.1. The number of carboxylic acid groups (broad SMARTS) is 2. The first kappa shape index (κ1) is 18.4. The summed E-state index contributed by atoms with van der Waals surface area (Å²) in [5.41, 5.74) is 1.97. The second-order valence-corrected chi connectivity index (χ2v) is 4.85. The van der Waals surface area contributed by atoms with Gasteiger partial charge in [-0.2, -0.15) is 0 Å².